The standard InChI is InChI=1S/C16H19FN2O2S2/c17-14-3-1-13(2-4-14)5-9-19-10-6-15(7-11-19)23(20,21)16-18-8-12-22-16/h1-4,8,12,15H,5-7,9-11H2. The van der Waals surface area contributed by atoms with Crippen molar-refractivity contribution in [1.29, 1.82) is 0 Å². The number of piperidine rings is 1. The first kappa shape index (κ1) is 16.5. The molecule has 23 heavy (non-hydrogen) atoms. The summed E-state index contributed by atoms with van der Waals surface area (Å²) in [6, 6.07) is 6.55. The van der Waals surface area contributed by atoms with Gasteiger partial charge in [-0.1, -0.05) is 12.1 Å². The monoisotopic (exact) mass is 354 g/mol. The Morgan fingerprint density at radius 2 is 1.91 bits per heavy atom. The van der Waals surface area contributed by atoms with Crippen LogP contribution in [0.3, 0.4) is 0 Å². The van der Waals surface area contributed by atoms with Crippen molar-refractivity contribution in [1.82, 2.24) is 9.88 Å². The van der Waals surface area contributed by atoms with Crippen LogP contribution in [0.1, 0.15) is 18.4 Å². The Balaban J connectivity index is 1.51. The van der Waals surface area contributed by atoms with E-state index in [0.717, 1.165) is 31.6 Å². The predicted molar refractivity (Wildman–Crippen MR) is 88.9 cm³/mol. The number of nitrogens with zero attached hydrogens (tertiary/aromatic N) is 2. The molecule has 1 aliphatic heterocycles. The Labute approximate surface area is 139 Å². The normalized spacial score (nSPS) is 17.4. The highest BCUT2D eigenvalue weighted by Crippen LogP contribution is 2.25. The van der Waals surface area contributed by atoms with E-state index in [0.29, 0.717) is 12.8 Å². The molecule has 0 saturated carbocycles. The fraction of sp³-hybridized carbons (Fsp3) is 0.438. The summed E-state index contributed by atoms with van der Waals surface area (Å²) in [7, 11) is -3.27. The minimum Gasteiger partial charge on any atom is -0.303 e. The molecule has 0 aliphatic carbocycles. The van der Waals surface area contributed by atoms with Crippen molar-refractivity contribution in [2.75, 3.05) is 19.6 Å². The van der Waals surface area contributed by atoms with Gasteiger partial charge in [-0.2, -0.15) is 0 Å². The van der Waals surface area contributed by atoms with Gasteiger partial charge in [-0.05, 0) is 50.0 Å². The average molecular weight is 354 g/mol. The van der Waals surface area contributed by atoms with Crippen molar-refractivity contribution >= 4 is 21.2 Å². The summed E-state index contributed by atoms with van der Waals surface area (Å²) >= 11 is 1.19. The highest BCUT2D eigenvalue weighted by molar-refractivity contribution is 7.93. The number of hydrogen-bond acceptors (Lipinski definition) is 5. The van der Waals surface area contributed by atoms with Gasteiger partial charge in [0.05, 0.1) is 5.25 Å². The van der Waals surface area contributed by atoms with Gasteiger partial charge in [0.1, 0.15) is 5.82 Å². The molecule has 4 nitrogen and oxygen atoms in total. The number of thiazole rings is 1. The molecule has 0 atom stereocenters. The zero-order valence-corrected chi connectivity index (χ0v) is 14.3. The summed E-state index contributed by atoms with van der Waals surface area (Å²) in [6.07, 6.45) is 3.68. The molecule has 0 radical (unpaired) electrons. The summed E-state index contributed by atoms with van der Waals surface area (Å²) in [5.41, 5.74) is 1.10. The van der Waals surface area contributed by atoms with Crippen LogP contribution in [-0.2, 0) is 16.3 Å². The van der Waals surface area contributed by atoms with Crippen LogP contribution in [0.25, 0.3) is 0 Å². The maximum atomic E-state index is 12.9. The summed E-state index contributed by atoms with van der Waals surface area (Å²) < 4.78 is 38.0. The molecule has 124 valence electrons. The van der Waals surface area contributed by atoms with E-state index in [1.54, 1.807) is 17.5 Å². The number of rotatable bonds is 5. The smallest absolute Gasteiger partial charge is 0.209 e. The molecule has 1 aromatic heterocycles. The molecule has 1 aromatic carbocycles. The van der Waals surface area contributed by atoms with Gasteiger partial charge in [-0.25, -0.2) is 17.8 Å². The van der Waals surface area contributed by atoms with E-state index in [1.807, 2.05) is 0 Å². The second kappa shape index (κ2) is 7.07. The summed E-state index contributed by atoms with van der Waals surface area (Å²) in [4.78, 5) is 6.23. The second-order valence-electron chi connectivity index (χ2n) is 5.76. The van der Waals surface area contributed by atoms with Gasteiger partial charge < -0.3 is 4.90 Å². The fourth-order valence-corrected chi connectivity index (χ4v) is 5.67. The Morgan fingerprint density at radius 3 is 2.52 bits per heavy atom. The molecule has 1 fully saturated rings. The number of aromatic nitrogens is 1. The van der Waals surface area contributed by atoms with E-state index in [4.69, 9.17) is 0 Å². The lowest BCUT2D eigenvalue weighted by atomic mass is 10.1. The van der Waals surface area contributed by atoms with Crippen molar-refractivity contribution in [2.24, 2.45) is 0 Å². The van der Waals surface area contributed by atoms with Crippen LogP contribution in [0.4, 0.5) is 4.39 Å². The van der Waals surface area contributed by atoms with Gasteiger partial charge in [0.2, 0.25) is 14.2 Å². The predicted octanol–water partition coefficient (Wildman–Crippen LogP) is 2.76. The number of halogens is 1. The first-order chi connectivity index (χ1) is 11.1. The maximum absolute atomic E-state index is 12.9. The van der Waals surface area contributed by atoms with E-state index >= 15 is 0 Å². The summed E-state index contributed by atoms with van der Waals surface area (Å²) in [6.45, 7) is 2.42. The molecule has 2 aromatic rings. The van der Waals surface area contributed by atoms with E-state index in [9.17, 15) is 12.8 Å². The lowest BCUT2D eigenvalue weighted by Gasteiger charge is -2.31. The zero-order chi connectivity index (χ0) is 16.3. The number of likely N-dealkylation sites (tertiary alicyclic amines) is 1. The third-order valence-corrected chi connectivity index (χ3v) is 7.75. The van der Waals surface area contributed by atoms with Gasteiger partial charge in [-0.15, -0.1) is 11.3 Å². The lowest BCUT2D eigenvalue weighted by molar-refractivity contribution is 0.232. The van der Waals surface area contributed by atoms with Crippen LogP contribution in [0, 0.1) is 5.82 Å². The summed E-state index contributed by atoms with van der Waals surface area (Å²) in [5, 5.41) is 1.38. The molecule has 2 heterocycles. The van der Waals surface area contributed by atoms with E-state index < -0.39 is 9.84 Å². The molecule has 0 spiro atoms. The van der Waals surface area contributed by atoms with Crippen LogP contribution in [0.15, 0.2) is 40.2 Å². The molecule has 0 amide bonds. The van der Waals surface area contributed by atoms with E-state index in [1.165, 1.54) is 29.7 Å². The highest BCUT2D eigenvalue weighted by Gasteiger charge is 2.32. The quantitative estimate of drug-likeness (QED) is 0.828. The van der Waals surface area contributed by atoms with Gasteiger partial charge in [0, 0.05) is 18.1 Å². The van der Waals surface area contributed by atoms with Crippen molar-refractivity contribution in [3.63, 3.8) is 0 Å². The first-order valence-corrected chi connectivity index (χ1v) is 10.1. The first-order valence-electron chi connectivity index (χ1n) is 7.66. The molecule has 7 heteroatoms. The average Bonchev–Trinajstić information content (AvgIpc) is 3.10. The van der Waals surface area contributed by atoms with Crippen LogP contribution >= 0.6 is 11.3 Å². The topological polar surface area (TPSA) is 50.3 Å². The molecule has 0 bridgehead atoms. The Bertz CT molecular complexity index is 722. The van der Waals surface area contributed by atoms with Crippen LogP contribution in [0.2, 0.25) is 0 Å². The fourth-order valence-electron chi connectivity index (χ4n) is 2.87. The minimum absolute atomic E-state index is 0.220. The Morgan fingerprint density at radius 1 is 1.22 bits per heavy atom. The molecule has 3 rings (SSSR count). The van der Waals surface area contributed by atoms with Crippen LogP contribution in [0.5, 0.6) is 0 Å². The van der Waals surface area contributed by atoms with Crippen molar-refractivity contribution in [3.05, 3.63) is 47.2 Å². The largest absolute Gasteiger partial charge is 0.303 e. The van der Waals surface area contributed by atoms with Crippen molar-refractivity contribution in [3.8, 4) is 0 Å². The number of sulfone groups is 1. The van der Waals surface area contributed by atoms with Crippen molar-refractivity contribution < 1.29 is 12.8 Å². The maximum Gasteiger partial charge on any atom is 0.209 e. The van der Waals surface area contributed by atoms with Gasteiger partial charge in [0.15, 0.2) is 0 Å². The van der Waals surface area contributed by atoms with Crippen molar-refractivity contribution in [2.45, 2.75) is 28.9 Å². The molecule has 1 aliphatic rings. The van der Waals surface area contributed by atoms with Crippen LogP contribution < -0.4 is 0 Å². The summed E-state index contributed by atoms with van der Waals surface area (Å²) in [5.74, 6) is -0.220. The van der Waals surface area contributed by atoms with Crippen LogP contribution in [-0.4, -0.2) is 43.2 Å². The molecule has 1 saturated heterocycles. The third-order valence-electron chi connectivity index (χ3n) is 4.26. The molecular weight excluding hydrogens is 335 g/mol. The Kier molecular flexibility index (Phi) is 5.08. The number of hydrogen-bond donors (Lipinski definition) is 0. The molecule has 0 unspecified atom stereocenters. The number of benzene rings is 1. The molecular formula is C16H19FN2O2S2. The highest BCUT2D eigenvalue weighted by atomic mass is 32.2. The van der Waals surface area contributed by atoms with Gasteiger partial charge in [-0.3, -0.25) is 0 Å². The third kappa shape index (κ3) is 3.97. The lowest BCUT2D eigenvalue weighted by Crippen LogP contribution is -2.40. The second-order valence-corrected chi connectivity index (χ2v) is 9.06. The SMILES string of the molecule is O=S(=O)(c1nccs1)C1CCN(CCc2ccc(F)cc2)CC1. The van der Waals surface area contributed by atoms with E-state index in [2.05, 4.69) is 9.88 Å². The minimum atomic E-state index is -3.27. The van der Waals surface area contributed by atoms with Gasteiger partial charge >= 0.3 is 0 Å². The Hall–Kier alpha value is -1.31. The van der Waals surface area contributed by atoms with E-state index in [-0.39, 0.29) is 15.4 Å². The van der Waals surface area contributed by atoms with Gasteiger partial charge in [0.25, 0.3) is 0 Å². The zero-order valence-electron chi connectivity index (χ0n) is 12.7. The molecule has 0 N–H and O–H groups in total.